The first kappa shape index (κ1) is 18.0. The van der Waals surface area contributed by atoms with E-state index in [0.29, 0.717) is 27.7 Å². The van der Waals surface area contributed by atoms with Gasteiger partial charge >= 0.3 is 0 Å². The zero-order chi connectivity index (χ0) is 19.2. The summed E-state index contributed by atoms with van der Waals surface area (Å²) < 4.78 is 5.23. The average Bonchev–Trinajstić information content (AvgIpc) is 3.19. The van der Waals surface area contributed by atoms with Crippen LogP contribution in [0.4, 0.5) is 11.4 Å². The van der Waals surface area contributed by atoms with Crippen molar-refractivity contribution >= 4 is 28.4 Å². The Morgan fingerprint density at radius 2 is 2.15 bits per heavy atom. The van der Waals surface area contributed by atoms with Gasteiger partial charge in [0, 0.05) is 23.1 Å². The Hall–Kier alpha value is -3.77. The number of non-ortho nitro benzene ring substituents is 1. The van der Waals surface area contributed by atoms with Crippen molar-refractivity contribution in [3.63, 3.8) is 0 Å². The molecule has 0 saturated heterocycles. The molecule has 3 rings (SSSR count). The van der Waals surface area contributed by atoms with E-state index in [-0.39, 0.29) is 11.4 Å². The molecule has 0 aliphatic rings. The lowest BCUT2D eigenvalue weighted by molar-refractivity contribution is -0.384. The first-order valence-electron chi connectivity index (χ1n) is 7.70. The first-order valence-corrected chi connectivity index (χ1v) is 8.58. The van der Waals surface area contributed by atoms with Gasteiger partial charge < -0.3 is 4.74 Å². The maximum absolute atomic E-state index is 10.9. The molecule has 0 fully saturated rings. The van der Waals surface area contributed by atoms with Crippen molar-refractivity contribution in [3.05, 3.63) is 69.0 Å². The second-order valence-corrected chi connectivity index (χ2v) is 6.09. The maximum Gasteiger partial charge on any atom is 0.270 e. The van der Waals surface area contributed by atoms with Crippen molar-refractivity contribution < 1.29 is 9.66 Å². The van der Waals surface area contributed by atoms with Gasteiger partial charge in [0.05, 0.1) is 23.4 Å². The molecule has 0 bridgehead atoms. The van der Waals surface area contributed by atoms with E-state index >= 15 is 0 Å². The molecule has 3 aromatic rings. The lowest BCUT2D eigenvalue weighted by atomic mass is 10.1. The van der Waals surface area contributed by atoms with E-state index in [9.17, 15) is 15.4 Å². The molecule has 0 aliphatic carbocycles. The van der Waals surface area contributed by atoms with Crippen LogP contribution in [-0.4, -0.2) is 22.7 Å². The smallest absolute Gasteiger partial charge is 0.270 e. The molecule has 0 amide bonds. The molecule has 9 heteroatoms. The van der Waals surface area contributed by atoms with E-state index in [1.807, 2.05) is 18.2 Å². The summed E-state index contributed by atoms with van der Waals surface area (Å²) in [6.45, 7) is 0. The molecule has 0 saturated carbocycles. The molecule has 1 aromatic heterocycles. The topological polar surface area (TPSA) is 113 Å². The number of methoxy groups -OCH3 is 1. The number of nitro benzene ring substituents is 1. The van der Waals surface area contributed by atoms with Crippen LogP contribution in [0.5, 0.6) is 5.75 Å². The molecule has 0 unspecified atom stereocenters. The predicted molar refractivity (Wildman–Crippen MR) is 103 cm³/mol. The predicted octanol–water partition coefficient (Wildman–Crippen LogP) is 4.07. The van der Waals surface area contributed by atoms with E-state index in [2.05, 4.69) is 15.5 Å². The van der Waals surface area contributed by atoms with Gasteiger partial charge in [-0.15, -0.1) is 11.3 Å². The van der Waals surface area contributed by atoms with Crippen LogP contribution < -0.4 is 10.2 Å². The summed E-state index contributed by atoms with van der Waals surface area (Å²) >= 11 is 1.23. The second kappa shape index (κ2) is 8.07. The Balaban J connectivity index is 1.86. The highest BCUT2D eigenvalue weighted by molar-refractivity contribution is 7.12. The number of ether oxygens (including phenoxy) is 1. The first-order chi connectivity index (χ1) is 13.1. The maximum atomic E-state index is 10.9. The number of hydrazone groups is 1. The molecule has 1 N–H and O–H groups in total. The van der Waals surface area contributed by atoms with Crippen molar-refractivity contribution in [2.75, 3.05) is 12.5 Å². The number of hydrogen-bond acceptors (Lipinski definition) is 8. The van der Waals surface area contributed by atoms with Crippen LogP contribution in [0.25, 0.3) is 11.3 Å². The number of nitriles is 1. The van der Waals surface area contributed by atoms with E-state index < -0.39 is 4.92 Å². The molecule has 0 atom stereocenters. The highest BCUT2D eigenvalue weighted by Gasteiger charge is 2.13. The molecule has 2 aromatic carbocycles. The van der Waals surface area contributed by atoms with Gasteiger partial charge in [0.1, 0.15) is 11.8 Å². The van der Waals surface area contributed by atoms with E-state index in [4.69, 9.17) is 4.74 Å². The van der Waals surface area contributed by atoms with Gasteiger partial charge in [-0.3, -0.25) is 15.5 Å². The third-order valence-corrected chi connectivity index (χ3v) is 4.41. The van der Waals surface area contributed by atoms with Crippen molar-refractivity contribution in [1.82, 2.24) is 4.98 Å². The number of para-hydroxylation sites is 2. The summed E-state index contributed by atoms with van der Waals surface area (Å²) in [6, 6.07) is 15.4. The molecule has 1 heterocycles. The molecule has 0 aliphatic heterocycles. The molecule has 27 heavy (non-hydrogen) atoms. The molecular weight excluding hydrogens is 366 g/mol. The van der Waals surface area contributed by atoms with Gasteiger partial charge in [0.25, 0.3) is 5.69 Å². The lowest BCUT2D eigenvalue weighted by Gasteiger charge is -2.06. The van der Waals surface area contributed by atoms with Crippen molar-refractivity contribution in [1.29, 1.82) is 5.26 Å². The van der Waals surface area contributed by atoms with Gasteiger partial charge in [-0.25, -0.2) is 4.98 Å². The Bertz CT molecular complexity index is 1050. The zero-order valence-corrected chi connectivity index (χ0v) is 14.9. The van der Waals surface area contributed by atoms with E-state index in [0.717, 1.165) is 0 Å². The minimum absolute atomic E-state index is 0.0194. The SMILES string of the molecule is COc1ccccc1N/N=C(\C#N)c1nc(-c2cccc([N+](=O)[O-])c2)cs1. The highest BCUT2D eigenvalue weighted by atomic mass is 32.1. The van der Waals surface area contributed by atoms with Crippen molar-refractivity contribution in [3.8, 4) is 23.1 Å². The number of nitrogens with zero attached hydrogens (tertiary/aromatic N) is 4. The van der Waals surface area contributed by atoms with Gasteiger partial charge in [0.2, 0.25) is 0 Å². The van der Waals surface area contributed by atoms with E-state index in [1.165, 1.54) is 23.5 Å². The molecule has 0 spiro atoms. The summed E-state index contributed by atoms with van der Waals surface area (Å²) in [4.78, 5) is 14.8. The fourth-order valence-corrected chi connectivity index (χ4v) is 3.03. The van der Waals surface area contributed by atoms with Gasteiger partial charge in [-0.1, -0.05) is 24.3 Å². The van der Waals surface area contributed by atoms with Crippen LogP contribution in [0.2, 0.25) is 0 Å². The molecular formula is C18H13N5O3S. The number of rotatable bonds is 6. The van der Waals surface area contributed by atoms with Gasteiger partial charge in [-0.2, -0.15) is 10.4 Å². The number of aromatic nitrogens is 1. The number of hydrogen-bond donors (Lipinski definition) is 1. The van der Waals surface area contributed by atoms with Crippen LogP contribution in [0, 0.1) is 21.4 Å². The largest absolute Gasteiger partial charge is 0.495 e. The summed E-state index contributed by atoms with van der Waals surface area (Å²) in [7, 11) is 1.54. The summed E-state index contributed by atoms with van der Waals surface area (Å²) in [6.07, 6.45) is 0. The van der Waals surface area contributed by atoms with Gasteiger partial charge in [-0.05, 0) is 12.1 Å². The van der Waals surface area contributed by atoms with Crippen LogP contribution in [0.1, 0.15) is 5.01 Å². The number of nitro groups is 1. The monoisotopic (exact) mass is 379 g/mol. The summed E-state index contributed by atoms with van der Waals surface area (Å²) in [5, 5.41) is 26.6. The minimum Gasteiger partial charge on any atom is -0.495 e. The Morgan fingerprint density at radius 1 is 1.33 bits per heavy atom. The Morgan fingerprint density at radius 3 is 2.89 bits per heavy atom. The third-order valence-electron chi connectivity index (χ3n) is 3.56. The van der Waals surface area contributed by atoms with Crippen molar-refractivity contribution in [2.45, 2.75) is 0 Å². The summed E-state index contributed by atoms with van der Waals surface area (Å²) in [5.74, 6) is 0.593. The number of anilines is 1. The lowest BCUT2D eigenvalue weighted by Crippen LogP contribution is -2.02. The highest BCUT2D eigenvalue weighted by Crippen LogP contribution is 2.26. The molecule has 134 valence electrons. The normalized spacial score (nSPS) is 10.9. The average molecular weight is 379 g/mol. The fourth-order valence-electron chi connectivity index (χ4n) is 2.27. The quantitative estimate of drug-likeness (QED) is 0.392. The van der Waals surface area contributed by atoms with Crippen LogP contribution in [-0.2, 0) is 0 Å². The van der Waals surface area contributed by atoms with Crippen LogP contribution in [0.3, 0.4) is 0 Å². The number of benzene rings is 2. The molecule has 8 nitrogen and oxygen atoms in total. The molecule has 0 radical (unpaired) electrons. The van der Waals surface area contributed by atoms with Crippen molar-refractivity contribution in [2.24, 2.45) is 5.10 Å². The fraction of sp³-hybridized carbons (Fsp3) is 0.0556. The standard InChI is InChI=1S/C18H13N5O3S/c1-26-17-8-3-2-7-14(17)21-22-15(10-19)18-20-16(11-27-18)12-5-4-6-13(9-12)23(24)25/h2-9,11,21H,1H3/b22-15+. The second-order valence-electron chi connectivity index (χ2n) is 5.23. The summed E-state index contributed by atoms with van der Waals surface area (Å²) in [5.41, 5.74) is 4.64. The Kier molecular flexibility index (Phi) is 5.39. The van der Waals surface area contributed by atoms with Gasteiger partial charge in [0.15, 0.2) is 10.7 Å². The number of nitrogens with one attached hydrogen (secondary N) is 1. The van der Waals surface area contributed by atoms with E-state index in [1.54, 1.807) is 36.8 Å². The number of thiazole rings is 1. The Labute approximate surface area is 158 Å². The minimum atomic E-state index is -0.462. The van der Waals surface area contributed by atoms with Crippen LogP contribution >= 0.6 is 11.3 Å². The third kappa shape index (κ3) is 4.08. The zero-order valence-electron chi connectivity index (χ0n) is 14.1. The van der Waals surface area contributed by atoms with Crippen LogP contribution in [0.15, 0.2) is 59.0 Å².